The number of ether oxygens (including phenoxy) is 1. The van der Waals surface area contributed by atoms with E-state index in [1.165, 1.54) is 64.8 Å². The van der Waals surface area contributed by atoms with Gasteiger partial charge in [0.2, 0.25) is 0 Å². The molecular weight excluding hydrogens is 795 g/mol. The van der Waals surface area contributed by atoms with Gasteiger partial charge in [-0.05, 0) is 145 Å². The molecular formula is C60H35N3O2. The average molecular weight is 830 g/mol. The zero-order valence-electron chi connectivity index (χ0n) is 34.9. The smallest absolute Gasteiger partial charge is 0.152 e. The van der Waals surface area contributed by atoms with Gasteiger partial charge < -0.3 is 23.2 Å². The third-order valence-electron chi connectivity index (χ3n) is 13.8. The van der Waals surface area contributed by atoms with E-state index < -0.39 is 0 Å². The first kappa shape index (κ1) is 34.7. The minimum Gasteiger partial charge on any atom is -0.453 e. The van der Waals surface area contributed by atoms with Gasteiger partial charge >= 0.3 is 0 Å². The summed E-state index contributed by atoms with van der Waals surface area (Å²) in [4.78, 5) is 2.30. The van der Waals surface area contributed by atoms with E-state index in [9.17, 15) is 0 Å². The maximum absolute atomic E-state index is 6.91. The Morgan fingerprint density at radius 1 is 0.292 bits per heavy atom. The maximum atomic E-state index is 6.91. The summed E-state index contributed by atoms with van der Waals surface area (Å²) in [5, 5.41) is 14.8. The van der Waals surface area contributed by atoms with Gasteiger partial charge in [0.15, 0.2) is 22.7 Å². The molecule has 1 aliphatic heterocycles. The summed E-state index contributed by atoms with van der Waals surface area (Å²) in [5.74, 6) is 1.69. The number of aromatic nitrogens is 2. The lowest BCUT2D eigenvalue weighted by atomic mass is 9.92. The Balaban J connectivity index is 0.959. The van der Waals surface area contributed by atoms with Gasteiger partial charge in [0.25, 0.3) is 0 Å². The fourth-order valence-corrected chi connectivity index (χ4v) is 11.0. The Morgan fingerprint density at radius 3 is 1.69 bits per heavy atom. The molecule has 5 nitrogen and oxygen atoms in total. The Morgan fingerprint density at radius 2 is 0.908 bits per heavy atom. The van der Waals surface area contributed by atoms with E-state index in [1.807, 2.05) is 24.3 Å². The van der Waals surface area contributed by atoms with Gasteiger partial charge in [0, 0.05) is 27.8 Å². The highest BCUT2D eigenvalue weighted by Crippen LogP contribution is 2.51. The molecule has 65 heavy (non-hydrogen) atoms. The summed E-state index contributed by atoms with van der Waals surface area (Å²) in [6.45, 7) is 0. The van der Waals surface area contributed by atoms with Crippen LogP contribution in [-0.2, 0) is 0 Å². The Hall–Kier alpha value is -8.80. The monoisotopic (exact) mass is 829 g/mol. The highest BCUT2D eigenvalue weighted by Gasteiger charge is 2.26. The van der Waals surface area contributed by atoms with Gasteiger partial charge in [-0.3, -0.25) is 0 Å². The first-order valence-corrected chi connectivity index (χ1v) is 22.2. The van der Waals surface area contributed by atoms with Crippen LogP contribution in [0.2, 0.25) is 0 Å². The molecule has 0 atom stereocenters. The zero-order chi connectivity index (χ0) is 42.3. The van der Waals surface area contributed by atoms with E-state index in [4.69, 9.17) is 9.15 Å². The number of benzene rings is 12. The SMILES string of the molecule is c1ccc(-n2c3cc4c(cc3c3c5ccc6cccc7ccc(cc32)c5c76)oc2ccccc2n4-c2ccc3c(ccc4cc(N5c6ccccc6Oc6ccccc65)ccc43)c2)cc1. The molecule has 302 valence electrons. The average Bonchev–Trinajstić information content (AvgIpc) is 3.68. The van der Waals surface area contributed by atoms with E-state index in [-0.39, 0.29) is 0 Å². The normalized spacial score (nSPS) is 12.7. The van der Waals surface area contributed by atoms with Gasteiger partial charge in [-0.1, -0.05) is 121 Å². The summed E-state index contributed by atoms with van der Waals surface area (Å²) in [6.07, 6.45) is 0. The third kappa shape index (κ3) is 4.87. The lowest BCUT2D eigenvalue weighted by Crippen LogP contribution is -2.15. The molecule has 0 fully saturated rings. The van der Waals surface area contributed by atoms with Gasteiger partial charge in [-0.15, -0.1) is 0 Å². The minimum atomic E-state index is 0.825. The van der Waals surface area contributed by atoms with Gasteiger partial charge in [0.05, 0.1) is 33.4 Å². The van der Waals surface area contributed by atoms with Crippen LogP contribution >= 0.6 is 0 Å². The number of rotatable bonds is 3. The molecule has 5 heteroatoms. The second kappa shape index (κ2) is 12.9. The van der Waals surface area contributed by atoms with Crippen LogP contribution in [0.25, 0.3) is 109 Å². The zero-order valence-corrected chi connectivity index (χ0v) is 34.9. The minimum absolute atomic E-state index is 0.825. The van der Waals surface area contributed by atoms with Crippen molar-refractivity contribution >= 4 is 115 Å². The second-order valence-electron chi connectivity index (χ2n) is 17.3. The van der Waals surface area contributed by atoms with Crippen LogP contribution in [0, 0.1) is 0 Å². The highest BCUT2D eigenvalue weighted by molar-refractivity contribution is 6.33. The maximum Gasteiger partial charge on any atom is 0.152 e. The van der Waals surface area contributed by atoms with Crippen LogP contribution in [-0.4, -0.2) is 9.13 Å². The molecule has 1 aliphatic rings. The van der Waals surface area contributed by atoms with Crippen molar-refractivity contribution in [1.82, 2.24) is 9.13 Å². The molecule has 0 saturated carbocycles. The third-order valence-corrected chi connectivity index (χ3v) is 13.8. The van der Waals surface area contributed by atoms with Crippen molar-refractivity contribution in [2.24, 2.45) is 0 Å². The first-order valence-electron chi connectivity index (χ1n) is 22.2. The van der Waals surface area contributed by atoms with E-state index >= 15 is 0 Å². The first-order chi connectivity index (χ1) is 32.2. The van der Waals surface area contributed by atoms with Gasteiger partial charge in [0.1, 0.15) is 0 Å². The lowest BCUT2D eigenvalue weighted by molar-refractivity contribution is 0.477. The number of hydrogen-bond donors (Lipinski definition) is 0. The molecule has 0 N–H and O–H groups in total. The Bertz CT molecular complexity index is 4280. The van der Waals surface area contributed by atoms with Crippen LogP contribution in [0.15, 0.2) is 217 Å². The van der Waals surface area contributed by atoms with Crippen LogP contribution < -0.4 is 9.64 Å². The lowest BCUT2D eigenvalue weighted by Gasteiger charge is -2.32. The molecule has 14 aromatic rings. The van der Waals surface area contributed by atoms with Crippen LogP contribution in [0.1, 0.15) is 0 Å². The van der Waals surface area contributed by atoms with Crippen LogP contribution in [0.3, 0.4) is 0 Å². The Kier molecular flexibility index (Phi) is 6.89. The number of para-hydroxylation sites is 7. The van der Waals surface area contributed by atoms with Crippen molar-refractivity contribution in [2.75, 3.05) is 4.90 Å². The van der Waals surface area contributed by atoms with Crippen molar-refractivity contribution in [2.45, 2.75) is 0 Å². The van der Waals surface area contributed by atoms with Crippen molar-refractivity contribution in [3.05, 3.63) is 212 Å². The molecule has 0 amide bonds. The summed E-state index contributed by atoms with van der Waals surface area (Å²) in [5.41, 5.74) is 11.3. The summed E-state index contributed by atoms with van der Waals surface area (Å²) in [7, 11) is 0. The highest BCUT2D eigenvalue weighted by atomic mass is 16.5. The molecule has 15 rings (SSSR count). The van der Waals surface area contributed by atoms with Gasteiger partial charge in [-0.25, -0.2) is 0 Å². The van der Waals surface area contributed by atoms with Gasteiger partial charge in [-0.2, -0.15) is 0 Å². The number of hydrogen-bond acceptors (Lipinski definition) is 3. The Labute approximate surface area is 371 Å². The summed E-state index contributed by atoms with van der Waals surface area (Å²) in [6, 6.07) is 76.6. The molecule has 0 bridgehead atoms. The van der Waals surface area contributed by atoms with E-state index in [0.29, 0.717) is 0 Å². The number of fused-ring (bicyclic) bond motifs is 11. The van der Waals surface area contributed by atoms with Crippen LogP contribution in [0.5, 0.6) is 11.5 Å². The van der Waals surface area contributed by atoms with Crippen molar-refractivity contribution in [3.63, 3.8) is 0 Å². The van der Waals surface area contributed by atoms with E-state index in [1.54, 1.807) is 0 Å². The quantitative estimate of drug-likeness (QED) is 0.131. The predicted octanol–water partition coefficient (Wildman–Crippen LogP) is 16.8. The molecule has 12 aromatic carbocycles. The van der Waals surface area contributed by atoms with Crippen molar-refractivity contribution in [1.29, 1.82) is 0 Å². The fourth-order valence-electron chi connectivity index (χ4n) is 11.0. The number of nitrogens with zero attached hydrogens (tertiary/aromatic N) is 3. The topological polar surface area (TPSA) is 35.5 Å². The summed E-state index contributed by atoms with van der Waals surface area (Å²) >= 11 is 0. The van der Waals surface area contributed by atoms with E-state index in [2.05, 4.69) is 202 Å². The number of anilines is 3. The summed E-state index contributed by atoms with van der Waals surface area (Å²) < 4.78 is 18.0. The van der Waals surface area contributed by atoms with Crippen molar-refractivity contribution in [3.8, 4) is 22.9 Å². The van der Waals surface area contributed by atoms with E-state index in [0.717, 1.165) is 73.0 Å². The predicted molar refractivity (Wildman–Crippen MR) is 270 cm³/mol. The molecule has 0 aliphatic carbocycles. The molecule has 0 radical (unpaired) electrons. The standard InChI is InChI=1S/C60H35N3O2/c1-2-13-41(14-3-1)61-51-35-52-57(34-47(51)60-46-28-25-37-12-10-11-36-21-24-40(33-53(60)61)59(46)58(36)37)65-56-20-9-6-17-50(56)63(52)43-27-30-45-39(32-43)23-22-38-31-42(26-29-44(38)45)62-48-15-4-7-18-54(48)64-55-19-8-5-16-49(55)62/h1-35H. The van der Waals surface area contributed by atoms with Crippen molar-refractivity contribution < 1.29 is 9.15 Å². The van der Waals surface area contributed by atoms with Crippen LogP contribution in [0.4, 0.5) is 17.1 Å². The molecule has 3 heterocycles. The fraction of sp³-hybridized carbons (Fsp3) is 0. The molecule has 0 spiro atoms. The largest absolute Gasteiger partial charge is 0.453 e. The molecule has 0 unspecified atom stereocenters. The molecule has 0 saturated heterocycles. The molecule has 2 aromatic heterocycles. The second-order valence-corrected chi connectivity index (χ2v) is 17.3.